The Bertz CT molecular complexity index is 2990. The monoisotopic (exact) mass is 878 g/mol. The Hall–Kier alpha value is -7.20. The van der Waals surface area contributed by atoms with Crippen LogP contribution in [0, 0.1) is 23.7 Å². The van der Waals surface area contributed by atoms with Gasteiger partial charge in [0.1, 0.15) is 0 Å². The molecule has 4 fully saturated rings. The first-order chi connectivity index (χ1) is 33.2. The van der Waals surface area contributed by atoms with E-state index in [0.29, 0.717) is 11.8 Å². The molecule has 1 heterocycles. The summed E-state index contributed by atoms with van der Waals surface area (Å²) in [5, 5.41) is 5.46. The summed E-state index contributed by atoms with van der Waals surface area (Å²) in [6.45, 7) is 0. The summed E-state index contributed by atoms with van der Waals surface area (Å²) >= 11 is 0. The van der Waals surface area contributed by atoms with Crippen LogP contribution in [0.2, 0.25) is 0 Å². The summed E-state index contributed by atoms with van der Waals surface area (Å²) in [4.78, 5) is 5.06. The second-order valence-electron chi connectivity index (χ2n) is 19.7. The quantitative estimate of drug-likeness (QED) is 0.105. The van der Waals surface area contributed by atoms with E-state index in [1.165, 1.54) is 92.2 Å². The molecule has 0 unspecified atom stereocenters. The molecular formula is C64H54N2Si. The molecule has 0 aromatic heterocycles. The van der Waals surface area contributed by atoms with Gasteiger partial charge in [0.15, 0.2) is 8.07 Å². The zero-order valence-electron chi connectivity index (χ0n) is 37.8. The number of anilines is 6. The average molecular weight is 879 g/mol. The Morgan fingerprint density at radius 2 is 0.821 bits per heavy atom. The van der Waals surface area contributed by atoms with Crippen molar-refractivity contribution >= 4 is 62.9 Å². The lowest BCUT2D eigenvalue weighted by atomic mass is 9.41. The maximum Gasteiger partial charge on any atom is 0.179 e. The molecule has 4 aliphatic carbocycles. The summed E-state index contributed by atoms with van der Waals surface area (Å²) in [5.41, 5.74) is 12.8. The van der Waals surface area contributed by atoms with E-state index in [1.807, 2.05) is 0 Å². The zero-order chi connectivity index (χ0) is 44.4. The number of fused-ring (bicyclic) bond motifs is 2. The largest absolute Gasteiger partial charge is 0.310 e. The SMILES string of the molecule is c1ccc(N(c2ccccc2)c2ccc(N3c4ccccc4C4(c5ccccc53)C3CC5CC(C3)CC4C5)cc2-c2cccc([Si](c3ccccc3)(c3ccccc3)c3ccccc3)c2)cc1. The summed E-state index contributed by atoms with van der Waals surface area (Å²) in [5.74, 6) is 3.15. The summed E-state index contributed by atoms with van der Waals surface area (Å²) in [6, 6.07) is 91.6. The molecule has 0 atom stereocenters. The molecule has 3 heteroatoms. The van der Waals surface area contributed by atoms with Crippen molar-refractivity contribution in [3.05, 3.63) is 254 Å². The minimum absolute atomic E-state index is 0.0475. The molecule has 0 radical (unpaired) electrons. The smallest absolute Gasteiger partial charge is 0.179 e. The Kier molecular flexibility index (Phi) is 9.75. The van der Waals surface area contributed by atoms with Gasteiger partial charge in [0.05, 0.1) is 17.1 Å². The lowest BCUT2D eigenvalue weighted by Crippen LogP contribution is -2.74. The molecular weight excluding hydrogens is 825 g/mol. The Morgan fingerprint density at radius 3 is 1.31 bits per heavy atom. The van der Waals surface area contributed by atoms with E-state index < -0.39 is 8.07 Å². The average Bonchev–Trinajstić information content (AvgIpc) is 3.39. The van der Waals surface area contributed by atoms with E-state index in [1.54, 1.807) is 0 Å². The fraction of sp³-hybridized carbons (Fsp3) is 0.156. The van der Waals surface area contributed by atoms with E-state index >= 15 is 0 Å². The van der Waals surface area contributed by atoms with Crippen molar-refractivity contribution in [1.29, 1.82) is 0 Å². The van der Waals surface area contributed by atoms with Crippen LogP contribution in [0.1, 0.15) is 43.2 Å². The second kappa shape index (κ2) is 16.3. The van der Waals surface area contributed by atoms with E-state index in [9.17, 15) is 0 Å². The molecule has 2 nitrogen and oxygen atoms in total. The maximum atomic E-state index is 2.62. The molecule has 1 spiro atoms. The Morgan fingerprint density at radius 1 is 0.388 bits per heavy atom. The number of hydrogen-bond donors (Lipinski definition) is 0. The molecule has 0 amide bonds. The van der Waals surface area contributed by atoms with E-state index in [-0.39, 0.29) is 5.41 Å². The normalized spacial score (nSPS) is 19.7. The van der Waals surface area contributed by atoms with Crippen molar-refractivity contribution in [3.8, 4) is 11.1 Å². The summed E-state index contributed by atoms with van der Waals surface area (Å²) in [7, 11) is -2.84. The first-order valence-corrected chi connectivity index (χ1v) is 26.5. The molecule has 4 bridgehead atoms. The van der Waals surface area contributed by atoms with Crippen LogP contribution in [0.5, 0.6) is 0 Å². The third-order valence-corrected chi connectivity index (χ3v) is 21.1. The van der Waals surface area contributed by atoms with Crippen molar-refractivity contribution in [2.24, 2.45) is 23.7 Å². The van der Waals surface area contributed by atoms with E-state index in [2.05, 4.69) is 252 Å². The molecule has 0 saturated heterocycles. The second-order valence-corrected chi connectivity index (χ2v) is 23.5. The number of hydrogen-bond acceptors (Lipinski definition) is 2. The van der Waals surface area contributed by atoms with Crippen LogP contribution in [0.15, 0.2) is 243 Å². The molecule has 4 saturated carbocycles. The number of benzene rings is 9. The third kappa shape index (κ3) is 6.28. The van der Waals surface area contributed by atoms with E-state index in [4.69, 9.17) is 0 Å². The highest BCUT2D eigenvalue weighted by Gasteiger charge is 2.61. The highest BCUT2D eigenvalue weighted by molar-refractivity contribution is 7.19. The van der Waals surface area contributed by atoms with Gasteiger partial charge in [0.25, 0.3) is 0 Å². The first kappa shape index (κ1) is 40.1. The lowest BCUT2D eigenvalue weighted by molar-refractivity contribution is -0.0419. The van der Waals surface area contributed by atoms with Gasteiger partial charge in [0.2, 0.25) is 0 Å². The van der Waals surface area contributed by atoms with Gasteiger partial charge in [0, 0.05) is 28.0 Å². The number of nitrogens with zero attached hydrogens (tertiary/aromatic N) is 2. The van der Waals surface area contributed by atoms with Gasteiger partial charge in [-0.2, -0.15) is 0 Å². The van der Waals surface area contributed by atoms with Gasteiger partial charge in [-0.25, -0.2) is 0 Å². The van der Waals surface area contributed by atoms with Gasteiger partial charge in [-0.3, -0.25) is 0 Å². The lowest BCUT2D eigenvalue weighted by Gasteiger charge is -2.64. The minimum atomic E-state index is -2.84. The Labute approximate surface area is 396 Å². The molecule has 1 aliphatic heterocycles. The van der Waals surface area contributed by atoms with Crippen LogP contribution < -0.4 is 30.5 Å². The molecule has 0 N–H and O–H groups in total. The predicted molar refractivity (Wildman–Crippen MR) is 283 cm³/mol. The third-order valence-electron chi connectivity index (χ3n) is 16.3. The molecule has 5 aliphatic rings. The maximum absolute atomic E-state index is 2.84. The minimum Gasteiger partial charge on any atom is -0.310 e. The van der Waals surface area contributed by atoms with Crippen LogP contribution in [0.25, 0.3) is 11.1 Å². The van der Waals surface area contributed by atoms with Gasteiger partial charge in [-0.15, -0.1) is 0 Å². The number of para-hydroxylation sites is 4. The van der Waals surface area contributed by atoms with Crippen molar-refractivity contribution < 1.29 is 0 Å². The zero-order valence-corrected chi connectivity index (χ0v) is 38.8. The fourth-order valence-electron chi connectivity index (χ4n) is 14.1. The molecule has 9 aromatic carbocycles. The van der Waals surface area contributed by atoms with Gasteiger partial charge < -0.3 is 9.80 Å². The van der Waals surface area contributed by atoms with Crippen molar-refractivity contribution in [2.45, 2.75) is 37.5 Å². The molecule has 67 heavy (non-hydrogen) atoms. The van der Waals surface area contributed by atoms with Crippen molar-refractivity contribution in [2.75, 3.05) is 9.80 Å². The summed E-state index contributed by atoms with van der Waals surface area (Å²) in [6.07, 6.45) is 6.89. The van der Waals surface area contributed by atoms with Crippen LogP contribution in [-0.4, -0.2) is 8.07 Å². The van der Waals surface area contributed by atoms with Gasteiger partial charge in [-0.1, -0.05) is 188 Å². The highest BCUT2D eigenvalue weighted by atomic mass is 28.3. The number of rotatable bonds is 9. The summed E-state index contributed by atoms with van der Waals surface area (Å²) < 4.78 is 0. The van der Waals surface area contributed by atoms with Crippen LogP contribution in [-0.2, 0) is 5.41 Å². The topological polar surface area (TPSA) is 6.48 Å². The molecule has 14 rings (SSSR count). The molecule has 9 aromatic rings. The van der Waals surface area contributed by atoms with Gasteiger partial charge in [-0.05, 0) is 148 Å². The van der Waals surface area contributed by atoms with Crippen molar-refractivity contribution in [1.82, 2.24) is 0 Å². The van der Waals surface area contributed by atoms with Gasteiger partial charge >= 0.3 is 0 Å². The van der Waals surface area contributed by atoms with Crippen LogP contribution in [0.4, 0.5) is 34.1 Å². The van der Waals surface area contributed by atoms with Crippen LogP contribution >= 0.6 is 0 Å². The van der Waals surface area contributed by atoms with E-state index in [0.717, 1.165) is 28.9 Å². The highest BCUT2D eigenvalue weighted by Crippen LogP contribution is 2.69. The Balaban J connectivity index is 1.06. The fourth-order valence-corrected chi connectivity index (χ4v) is 18.8. The molecule has 324 valence electrons. The van der Waals surface area contributed by atoms with Crippen molar-refractivity contribution in [3.63, 3.8) is 0 Å². The first-order valence-electron chi connectivity index (χ1n) is 24.5. The predicted octanol–water partition coefficient (Wildman–Crippen LogP) is 13.7. The standard InChI is InChI=1S/C64H54N2Si/c1-6-22-51(23-7-1)65(52-24-8-2-9-25-52)61-38-37-53(66-62-35-18-16-33-59(62)64(60-34-17-19-36-63(60)66)49-40-46-39-47(42-49)43-50(64)41-46)45-58(61)48-21-20-32-57(44-48)67(54-26-10-3-11-27-54,55-28-12-4-13-29-55)56-30-14-5-15-31-56/h1-38,44-47,49-50H,39-43H2. The van der Waals surface area contributed by atoms with Crippen LogP contribution in [0.3, 0.4) is 0 Å².